The number of carbonyl (C=O) groups is 1. The highest BCUT2D eigenvalue weighted by molar-refractivity contribution is 8.00. The third-order valence-corrected chi connectivity index (χ3v) is 4.97. The Balaban J connectivity index is 2.13. The number of hydrogen-bond acceptors (Lipinski definition) is 5. The van der Waals surface area contributed by atoms with Gasteiger partial charge in [0.1, 0.15) is 5.52 Å². The summed E-state index contributed by atoms with van der Waals surface area (Å²) in [5.41, 5.74) is 8.12. The molecule has 3 aromatic rings. The van der Waals surface area contributed by atoms with Crippen molar-refractivity contribution in [3.05, 3.63) is 24.3 Å². The smallest absolute Gasteiger partial charge is 0.231 e. The van der Waals surface area contributed by atoms with Crippen LogP contribution in [-0.2, 0) is 11.3 Å². The lowest BCUT2D eigenvalue weighted by molar-refractivity contribution is -0.117. The summed E-state index contributed by atoms with van der Waals surface area (Å²) in [6.45, 7) is 4.91. The van der Waals surface area contributed by atoms with Gasteiger partial charge in [0.25, 0.3) is 0 Å². The van der Waals surface area contributed by atoms with Crippen molar-refractivity contribution in [2.24, 2.45) is 5.73 Å². The van der Waals surface area contributed by atoms with Gasteiger partial charge in [-0.25, -0.2) is 4.98 Å². The number of aromatic nitrogens is 4. The molecule has 2 N–H and O–H groups in total. The number of carbonyl (C=O) groups excluding carboxylic acids is 1. The molecule has 1 aromatic carbocycles. The Labute approximate surface area is 138 Å². The molecule has 0 aliphatic heterocycles. The molecule has 23 heavy (non-hydrogen) atoms. The number of thioether (sulfide) groups is 1. The van der Waals surface area contributed by atoms with Crippen molar-refractivity contribution in [1.29, 1.82) is 0 Å². The lowest BCUT2D eigenvalue weighted by Crippen LogP contribution is -2.25. The van der Waals surface area contributed by atoms with Crippen LogP contribution < -0.4 is 5.73 Å². The van der Waals surface area contributed by atoms with Crippen molar-refractivity contribution in [2.45, 2.75) is 43.6 Å². The van der Waals surface area contributed by atoms with E-state index in [9.17, 15) is 4.79 Å². The van der Waals surface area contributed by atoms with E-state index in [0.717, 1.165) is 35.0 Å². The van der Waals surface area contributed by atoms with Crippen LogP contribution in [0.5, 0.6) is 0 Å². The summed E-state index contributed by atoms with van der Waals surface area (Å²) in [5, 5.41) is 9.74. The van der Waals surface area contributed by atoms with Gasteiger partial charge >= 0.3 is 0 Å². The third kappa shape index (κ3) is 2.88. The molecule has 7 heteroatoms. The summed E-state index contributed by atoms with van der Waals surface area (Å²) in [6, 6.07) is 8.10. The average Bonchev–Trinajstić information content (AvgIpc) is 2.87. The lowest BCUT2D eigenvalue weighted by Gasteiger charge is -2.09. The van der Waals surface area contributed by atoms with E-state index in [-0.39, 0.29) is 11.2 Å². The predicted octanol–water partition coefficient (Wildman–Crippen LogP) is 2.75. The molecule has 3 rings (SSSR count). The molecule has 0 bridgehead atoms. The Morgan fingerprint density at radius 2 is 2.09 bits per heavy atom. The Morgan fingerprint density at radius 1 is 1.30 bits per heavy atom. The summed E-state index contributed by atoms with van der Waals surface area (Å²) in [5.74, 6) is -0.352. The molecule has 0 aliphatic carbocycles. The van der Waals surface area contributed by atoms with Crippen molar-refractivity contribution < 1.29 is 4.79 Å². The number of rotatable bonds is 6. The van der Waals surface area contributed by atoms with Crippen LogP contribution in [0.3, 0.4) is 0 Å². The van der Waals surface area contributed by atoms with E-state index in [1.165, 1.54) is 11.8 Å². The minimum absolute atomic E-state index is 0.335. The van der Waals surface area contributed by atoms with Gasteiger partial charge in [-0.3, -0.25) is 4.79 Å². The summed E-state index contributed by atoms with van der Waals surface area (Å²) < 4.78 is 2.16. The summed E-state index contributed by atoms with van der Waals surface area (Å²) >= 11 is 1.28. The summed E-state index contributed by atoms with van der Waals surface area (Å²) in [6.07, 6.45) is 1.64. The fourth-order valence-electron chi connectivity index (χ4n) is 2.66. The largest absolute Gasteiger partial charge is 0.369 e. The highest BCUT2D eigenvalue weighted by Crippen LogP contribution is 2.28. The molecule has 0 fully saturated rings. The molecule has 2 aromatic heterocycles. The Bertz CT molecular complexity index is 860. The van der Waals surface area contributed by atoms with Gasteiger partial charge in [0, 0.05) is 11.9 Å². The van der Waals surface area contributed by atoms with E-state index in [4.69, 9.17) is 5.73 Å². The van der Waals surface area contributed by atoms with Crippen LogP contribution in [0.4, 0.5) is 0 Å². The minimum atomic E-state index is -0.352. The highest BCUT2D eigenvalue weighted by Gasteiger charge is 2.19. The van der Waals surface area contributed by atoms with Gasteiger partial charge in [0.05, 0.1) is 10.8 Å². The maximum atomic E-state index is 11.4. The number of primary amides is 1. The summed E-state index contributed by atoms with van der Waals surface area (Å²) in [7, 11) is 0. The fraction of sp³-hybridized carbons (Fsp3) is 0.375. The van der Waals surface area contributed by atoms with E-state index >= 15 is 0 Å². The van der Waals surface area contributed by atoms with Crippen LogP contribution >= 0.6 is 11.8 Å². The zero-order valence-electron chi connectivity index (χ0n) is 13.2. The maximum absolute atomic E-state index is 11.4. The molecule has 0 saturated heterocycles. The van der Waals surface area contributed by atoms with Gasteiger partial charge in [0.15, 0.2) is 5.65 Å². The lowest BCUT2D eigenvalue weighted by atomic mass is 10.2. The normalized spacial score (nSPS) is 12.8. The van der Waals surface area contributed by atoms with Crippen LogP contribution in [0.2, 0.25) is 0 Å². The second-order valence-electron chi connectivity index (χ2n) is 5.35. The van der Waals surface area contributed by atoms with Gasteiger partial charge < -0.3 is 10.3 Å². The molecule has 0 spiro atoms. The average molecular weight is 329 g/mol. The number of hydrogen-bond donors (Lipinski definition) is 1. The van der Waals surface area contributed by atoms with E-state index < -0.39 is 0 Å². The molecule has 0 aliphatic rings. The van der Waals surface area contributed by atoms with Gasteiger partial charge in [-0.05, 0) is 18.9 Å². The van der Waals surface area contributed by atoms with Gasteiger partial charge in [0.2, 0.25) is 11.1 Å². The van der Waals surface area contributed by atoms with Crippen LogP contribution in [-0.4, -0.2) is 30.9 Å². The molecule has 0 unspecified atom stereocenters. The zero-order chi connectivity index (χ0) is 16.4. The molecule has 1 amide bonds. The standard InChI is InChI=1S/C16H19N5OS/c1-3-9-21-11-8-6-5-7-10(11)13-15(21)18-16(20-19-13)23-12(4-2)14(17)22/h5-8,12H,3-4,9H2,1-2H3,(H2,17,22)/t12-/m1/s1. The molecule has 0 saturated carbocycles. The monoisotopic (exact) mass is 329 g/mol. The van der Waals surface area contributed by atoms with Crippen LogP contribution in [0.15, 0.2) is 29.4 Å². The van der Waals surface area contributed by atoms with Gasteiger partial charge in [-0.2, -0.15) is 0 Å². The van der Waals surface area contributed by atoms with Crippen molar-refractivity contribution in [3.63, 3.8) is 0 Å². The number of amides is 1. The van der Waals surface area contributed by atoms with E-state index in [1.807, 2.05) is 25.1 Å². The number of aryl methyl sites for hydroxylation is 1. The van der Waals surface area contributed by atoms with Crippen molar-refractivity contribution >= 4 is 39.7 Å². The second kappa shape index (κ2) is 6.54. The number of nitrogens with zero attached hydrogens (tertiary/aromatic N) is 4. The van der Waals surface area contributed by atoms with Crippen molar-refractivity contribution in [2.75, 3.05) is 0 Å². The van der Waals surface area contributed by atoms with E-state index in [2.05, 4.69) is 32.7 Å². The molecule has 2 heterocycles. The van der Waals surface area contributed by atoms with Crippen molar-refractivity contribution in [3.8, 4) is 0 Å². The number of fused-ring (bicyclic) bond motifs is 3. The second-order valence-corrected chi connectivity index (χ2v) is 6.52. The topological polar surface area (TPSA) is 86.7 Å². The van der Waals surface area contributed by atoms with Crippen molar-refractivity contribution in [1.82, 2.24) is 19.7 Å². The Hall–Kier alpha value is -2.15. The molecule has 6 nitrogen and oxygen atoms in total. The van der Waals surface area contributed by atoms with Crippen LogP contribution in [0, 0.1) is 0 Å². The van der Waals surface area contributed by atoms with E-state index in [1.54, 1.807) is 0 Å². The number of benzene rings is 1. The zero-order valence-corrected chi connectivity index (χ0v) is 14.0. The molecular formula is C16H19N5OS. The molecular weight excluding hydrogens is 310 g/mol. The Morgan fingerprint density at radius 3 is 2.78 bits per heavy atom. The van der Waals surface area contributed by atoms with E-state index in [0.29, 0.717) is 11.6 Å². The SMILES string of the molecule is CCCn1c2ccccc2c2nnc(S[C@H](CC)C(N)=O)nc21. The first-order valence-corrected chi connectivity index (χ1v) is 8.61. The quantitative estimate of drug-likeness (QED) is 0.703. The maximum Gasteiger partial charge on any atom is 0.231 e. The fourth-order valence-corrected chi connectivity index (χ4v) is 3.42. The molecule has 120 valence electrons. The summed E-state index contributed by atoms with van der Waals surface area (Å²) in [4.78, 5) is 16.1. The first-order valence-electron chi connectivity index (χ1n) is 7.73. The number of nitrogens with two attached hydrogens (primary N) is 1. The predicted molar refractivity (Wildman–Crippen MR) is 92.3 cm³/mol. The van der Waals surface area contributed by atoms with Gasteiger partial charge in [-0.15, -0.1) is 10.2 Å². The minimum Gasteiger partial charge on any atom is -0.369 e. The van der Waals surface area contributed by atoms with Gasteiger partial charge in [-0.1, -0.05) is 43.8 Å². The molecule has 0 radical (unpaired) electrons. The third-order valence-electron chi connectivity index (χ3n) is 3.74. The van der Waals surface area contributed by atoms with Crippen LogP contribution in [0.25, 0.3) is 22.1 Å². The highest BCUT2D eigenvalue weighted by atomic mass is 32.2. The first kappa shape index (κ1) is 15.7. The molecule has 1 atom stereocenters. The first-order chi connectivity index (χ1) is 11.2. The van der Waals surface area contributed by atoms with Crippen LogP contribution in [0.1, 0.15) is 26.7 Å². The Kier molecular flexibility index (Phi) is 4.47. The number of para-hydroxylation sites is 1.